The minimum absolute atomic E-state index is 0.164. The summed E-state index contributed by atoms with van der Waals surface area (Å²) in [5.41, 5.74) is 1.62. The zero-order valence-corrected chi connectivity index (χ0v) is 16.1. The number of hydrogen-bond donors (Lipinski definition) is 1. The highest BCUT2D eigenvalue weighted by atomic mass is 35.5. The van der Waals surface area contributed by atoms with E-state index in [1.54, 1.807) is 25.2 Å². The Morgan fingerprint density at radius 1 is 1.07 bits per heavy atom. The van der Waals surface area contributed by atoms with Gasteiger partial charge in [0.1, 0.15) is 11.4 Å². The molecule has 0 atom stereocenters. The number of nitrogens with one attached hydrogen (secondary N) is 1. The van der Waals surface area contributed by atoms with E-state index in [1.807, 2.05) is 30.3 Å². The highest BCUT2D eigenvalue weighted by Gasteiger charge is 2.17. The summed E-state index contributed by atoms with van der Waals surface area (Å²) in [6.45, 7) is 0. The molecule has 0 aliphatic rings. The van der Waals surface area contributed by atoms with Gasteiger partial charge in [0.15, 0.2) is 0 Å². The van der Waals surface area contributed by atoms with Gasteiger partial charge in [-0.15, -0.1) is 0 Å². The molecule has 0 bridgehead atoms. The smallest absolute Gasteiger partial charge is 0.276 e. The molecule has 6 nitrogen and oxygen atoms in total. The van der Waals surface area contributed by atoms with Gasteiger partial charge in [0, 0.05) is 29.5 Å². The summed E-state index contributed by atoms with van der Waals surface area (Å²) in [4.78, 5) is 30.9. The van der Waals surface area contributed by atoms with E-state index in [1.165, 1.54) is 30.3 Å². The lowest BCUT2D eigenvalue weighted by Crippen LogP contribution is -2.27. The molecule has 1 N–H and O–H groups in total. The molecule has 1 aromatic heterocycles. The van der Waals surface area contributed by atoms with Gasteiger partial charge in [0.25, 0.3) is 11.8 Å². The molecule has 28 heavy (non-hydrogen) atoms. The quantitative estimate of drug-likeness (QED) is 0.700. The number of anilines is 2. The summed E-state index contributed by atoms with van der Waals surface area (Å²) in [5.74, 6) is -0.243. The third-order valence-corrected chi connectivity index (χ3v) is 4.33. The van der Waals surface area contributed by atoms with Crippen LogP contribution in [0.25, 0.3) is 0 Å². The van der Waals surface area contributed by atoms with Crippen molar-refractivity contribution < 1.29 is 14.3 Å². The molecule has 0 fully saturated rings. The first kappa shape index (κ1) is 19.4. The largest absolute Gasteiger partial charge is 0.495 e. The number of hydrogen-bond acceptors (Lipinski definition) is 4. The van der Waals surface area contributed by atoms with E-state index in [-0.39, 0.29) is 11.6 Å². The Labute approximate surface area is 167 Å². The van der Waals surface area contributed by atoms with E-state index < -0.39 is 5.91 Å². The Bertz CT molecular complexity index is 1010. The van der Waals surface area contributed by atoms with Crippen LogP contribution in [0, 0.1) is 0 Å². The number of rotatable bonds is 5. The number of methoxy groups -OCH3 is 1. The van der Waals surface area contributed by atoms with Crippen LogP contribution in [0.1, 0.15) is 20.8 Å². The van der Waals surface area contributed by atoms with E-state index in [0.29, 0.717) is 22.0 Å². The van der Waals surface area contributed by atoms with Gasteiger partial charge >= 0.3 is 0 Å². The normalized spacial score (nSPS) is 10.2. The second-order valence-corrected chi connectivity index (χ2v) is 6.36. The fourth-order valence-electron chi connectivity index (χ4n) is 2.60. The van der Waals surface area contributed by atoms with Crippen molar-refractivity contribution in [3.63, 3.8) is 0 Å². The lowest BCUT2D eigenvalue weighted by Gasteiger charge is -2.17. The molecule has 1 heterocycles. The minimum atomic E-state index is -0.403. The lowest BCUT2D eigenvalue weighted by atomic mass is 10.2. The number of nitrogens with zero attached hydrogens (tertiary/aromatic N) is 2. The SMILES string of the molecule is COc1ccc(Cl)cc1NC(=O)c1ccnc(C(=O)N(C)c2ccccc2)c1. The number of pyridine rings is 1. The zero-order valence-electron chi connectivity index (χ0n) is 15.3. The molecule has 2 amide bonds. The van der Waals surface area contributed by atoms with Crippen molar-refractivity contribution >= 4 is 34.8 Å². The van der Waals surface area contributed by atoms with Gasteiger partial charge in [-0.1, -0.05) is 29.8 Å². The Morgan fingerprint density at radius 3 is 2.54 bits per heavy atom. The van der Waals surface area contributed by atoms with Crippen molar-refractivity contribution in [2.45, 2.75) is 0 Å². The van der Waals surface area contributed by atoms with Crippen molar-refractivity contribution in [1.29, 1.82) is 0 Å². The standard InChI is InChI=1S/C21H18ClN3O3/c1-25(16-6-4-3-5-7-16)21(27)18-12-14(10-11-23-18)20(26)24-17-13-15(22)8-9-19(17)28-2/h3-13H,1-2H3,(H,24,26). The molecule has 0 saturated carbocycles. The van der Waals surface area contributed by atoms with Gasteiger partial charge < -0.3 is 15.0 Å². The molecule has 0 aliphatic heterocycles. The van der Waals surface area contributed by atoms with E-state index in [2.05, 4.69) is 10.3 Å². The third kappa shape index (κ3) is 4.29. The number of ether oxygens (including phenoxy) is 1. The van der Waals surface area contributed by atoms with Gasteiger partial charge in [-0.2, -0.15) is 0 Å². The number of carbonyl (C=O) groups is 2. The lowest BCUT2D eigenvalue weighted by molar-refractivity contribution is 0.0988. The Morgan fingerprint density at radius 2 is 1.82 bits per heavy atom. The maximum Gasteiger partial charge on any atom is 0.276 e. The Balaban J connectivity index is 1.82. The second-order valence-electron chi connectivity index (χ2n) is 5.93. The van der Waals surface area contributed by atoms with Crippen LogP contribution < -0.4 is 15.0 Å². The zero-order chi connectivity index (χ0) is 20.1. The molecule has 0 unspecified atom stereocenters. The molecule has 3 aromatic rings. The Hall–Kier alpha value is -3.38. The van der Waals surface area contributed by atoms with Gasteiger partial charge in [-0.05, 0) is 42.5 Å². The topological polar surface area (TPSA) is 71.5 Å². The summed E-state index contributed by atoms with van der Waals surface area (Å²) < 4.78 is 5.23. The van der Waals surface area contributed by atoms with E-state index in [9.17, 15) is 9.59 Å². The number of halogens is 1. The van der Waals surface area contributed by atoms with Gasteiger partial charge in [0.2, 0.25) is 0 Å². The highest BCUT2D eigenvalue weighted by Crippen LogP contribution is 2.28. The maximum atomic E-state index is 12.7. The van der Waals surface area contributed by atoms with E-state index in [0.717, 1.165) is 5.69 Å². The van der Waals surface area contributed by atoms with Crippen LogP contribution in [0.3, 0.4) is 0 Å². The molecule has 0 saturated heterocycles. The number of carbonyl (C=O) groups excluding carboxylic acids is 2. The molecule has 2 aromatic carbocycles. The fraction of sp³-hybridized carbons (Fsp3) is 0.0952. The molecule has 0 spiro atoms. The average Bonchev–Trinajstić information content (AvgIpc) is 2.73. The average molecular weight is 396 g/mol. The highest BCUT2D eigenvalue weighted by molar-refractivity contribution is 6.31. The fourth-order valence-corrected chi connectivity index (χ4v) is 2.77. The molecule has 7 heteroatoms. The predicted molar refractivity (Wildman–Crippen MR) is 109 cm³/mol. The van der Waals surface area contributed by atoms with E-state index in [4.69, 9.17) is 16.3 Å². The summed E-state index contributed by atoms with van der Waals surface area (Å²) in [6, 6.07) is 17.1. The van der Waals surface area contributed by atoms with Crippen LogP contribution in [0.4, 0.5) is 11.4 Å². The van der Waals surface area contributed by atoms with Gasteiger partial charge in [-0.3, -0.25) is 14.6 Å². The molecule has 3 rings (SSSR count). The number of para-hydroxylation sites is 1. The summed E-state index contributed by atoms with van der Waals surface area (Å²) in [7, 11) is 3.16. The van der Waals surface area contributed by atoms with Crippen LogP contribution in [0.2, 0.25) is 5.02 Å². The van der Waals surface area contributed by atoms with Crippen molar-refractivity contribution in [3.05, 3.63) is 83.1 Å². The number of amides is 2. The van der Waals surface area contributed by atoms with Crippen LogP contribution in [0.15, 0.2) is 66.9 Å². The van der Waals surface area contributed by atoms with Crippen molar-refractivity contribution in [3.8, 4) is 5.75 Å². The molecular weight excluding hydrogens is 378 g/mol. The van der Waals surface area contributed by atoms with Gasteiger partial charge in [0.05, 0.1) is 12.8 Å². The molecule has 0 radical (unpaired) electrons. The van der Waals surface area contributed by atoms with Crippen molar-refractivity contribution in [2.24, 2.45) is 0 Å². The second kappa shape index (κ2) is 8.54. The number of aromatic nitrogens is 1. The van der Waals surface area contributed by atoms with Crippen LogP contribution in [0.5, 0.6) is 5.75 Å². The van der Waals surface area contributed by atoms with Crippen molar-refractivity contribution in [1.82, 2.24) is 4.98 Å². The Kier molecular flexibility index (Phi) is 5.91. The first-order chi connectivity index (χ1) is 13.5. The van der Waals surface area contributed by atoms with Crippen LogP contribution >= 0.6 is 11.6 Å². The summed E-state index contributed by atoms with van der Waals surface area (Å²) in [6.07, 6.45) is 1.43. The summed E-state index contributed by atoms with van der Waals surface area (Å²) in [5, 5.41) is 3.21. The van der Waals surface area contributed by atoms with Crippen LogP contribution in [-0.2, 0) is 0 Å². The predicted octanol–water partition coefficient (Wildman–Crippen LogP) is 4.27. The monoisotopic (exact) mass is 395 g/mol. The molecule has 142 valence electrons. The molecular formula is C21H18ClN3O3. The first-order valence-electron chi connectivity index (χ1n) is 8.43. The van der Waals surface area contributed by atoms with E-state index >= 15 is 0 Å². The first-order valence-corrected chi connectivity index (χ1v) is 8.81. The van der Waals surface area contributed by atoms with Crippen LogP contribution in [-0.4, -0.2) is 31.0 Å². The maximum absolute atomic E-state index is 12.7. The third-order valence-electron chi connectivity index (χ3n) is 4.10. The number of benzene rings is 2. The molecule has 0 aliphatic carbocycles. The van der Waals surface area contributed by atoms with Gasteiger partial charge in [-0.25, -0.2) is 0 Å². The minimum Gasteiger partial charge on any atom is -0.495 e. The summed E-state index contributed by atoms with van der Waals surface area (Å²) >= 11 is 6.00. The van der Waals surface area contributed by atoms with Crippen molar-refractivity contribution in [2.75, 3.05) is 24.4 Å².